The molecule has 0 fully saturated rings. The van der Waals surface area contributed by atoms with E-state index in [1.165, 1.54) is 0 Å². The maximum atomic E-state index is 6.25. The van der Waals surface area contributed by atoms with E-state index in [1.54, 1.807) is 6.07 Å². The van der Waals surface area contributed by atoms with Gasteiger partial charge in [-0.25, -0.2) is 0 Å². The zero-order valence-corrected chi connectivity index (χ0v) is 13.3. The van der Waals surface area contributed by atoms with Crippen LogP contribution in [0.25, 0.3) is 11.0 Å². The largest absolute Gasteiger partial charge is 0.457 e. The van der Waals surface area contributed by atoms with Crippen LogP contribution in [0.1, 0.15) is 17.4 Å². The van der Waals surface area contributed by atoms with Crippen LogP contribution >= 0.6 is 39.1 Å². The first-order valence-corrected chi connectivity index (χ1v) is 7.49. The maximum Gasteiger partial charge on any atom is 0.153 e. The quantitative estimate of drug-likeness (QED) is 0.642. The van der Waals surface area contributed by atoms with Crippen LogP contribution in [0, 0.1) is 0 Å². The Labute approximate surface area is 134 Å². The Hall–Kier alpha value is -1.00. The van der Waals surface area contributed by atoms with E-state index in [9.17, 15) is 0 Å². The Morgan fingerprint density at radius 3 is 2.65 bits per heavy atom. The standard InChI is InChI=1S/C15H10BrCl2NO/c16-10-3-1-2-8(4-10)14(19)13-6-9-5-11(17)7-12(18)15(9)20-13/h1-7,14H,19H2. The molecule has 0 aliphatic heterocycles. The number of fused-ring (bicyclic) bond motifs is 1. The molecule has 1 atom stereocenters. The molecule has 3 aromatic rings. The number of furan rings is 1. The summed E-state index contributed by atoms with van der Waals surface area (Å²) >= 11 is 15.5. The van der Waals surface area contributed by atoms with E-state index >= 15 is 0 Å². The molecule has 102 valence electrons. The van der Waals surface area contributed by atoms with Crippen molar-refractivity contribution in [2.24, 2.45) is 5.73 Å². The first-order valence-electron chi connectivity index (χ1n) is 5.94. The van der Waals surface area contributed by atoms with Crippen molar-refractivity contribution in [3.05, 3.63) is 68.3 Å². The van der Waals surface area contributed by atoms with Gasteiger partial charge < -0.3 is 10.2 Å². The van der Waals surface area contributed by atoms with E-state index in [0.29, 0.717) is 21.4 Å². The number of rotatable bonds is 2. The van der Waals surface area contributed by atoms with E-state index in [2.05, 4.69) is 15.9 Å². The van der Waals surface area contributed by atoms with Gasteiger partial charge in [-0.3, -0.25) is 0 Å². The van der Waals surface area contributed by atoms with Crippen LogP contribution < -0.4 is 5.73 Å². The number of hydrogen-bond donors (Lipinski definition) is 1. The van der Waals surface area contributed by atoms with Gasteiger partial charge in [-0.05, 0) is 35.9 Å². The lowest BCUT2D eigenvalue weighted by molar-refractivity contribution is 0.525. The molecule has 1 unspecified atom stereocenters. The predicted octanol–water partition coefficient (Wildman–Crippen LogP) is 5.55. The average molecular weight is 371 g/mol. The number of hydrogen-bond acceptors (Lipinski definition) is 2. The first-order chi connectivity index (χ1) is 9.54. The predicted molar refractivity (Wildman–Crippen MR) is 86.4 cm³/mol. The van der Waals surface area contributed by atoms with E-state index in [4.69, 9.17) is 33.4 Å². The van der Waals surface area contributed by atoms with Gasteiger partial charge in [0.05, 0.1) is 11.1 Å². The fourth-order valence-corrected chi connectivity index (χ4v) is 3.08. The molecule has 0 amide bonds. The highest BCUT2D eigenvalue weighted by Crippen LogP contribution is 2.33. The smallest absolute Gasteiger partial charge is 0.153 e. The van der Waals surface area contributed by atoms with Crippen molar-refractivity contribution in [3.8, 4) is 0 Å². The number of halogens is 3. The Bertz CT molecular complexity index is 785. The third-order valence-corrected chi connectivity index (χ3v) is 4.06. The highest BCUT2D eigenvalue weighted by molar-refractivity contribution is 9.10. The van der Waals surface area contributed by atoms with E-state index < -0.39 is 0 Å². The summed E-state index contributed by atoms with van der Waals surface area (Å²) in [6.45, 7) is 0. The summed E-state index contributed by atoms with van der Waals surface area (Å²) in [7, 11) is 0. The second-order valence-corrected chi connectivity index (χ2v) is 6.25. The fourth-order valence-electron chi connectivity index (χ4n) is 2.11. The zero-order chi connectivity index (χ0) is 14.3. The van der Waals surface area contributed by atoms with Gasteiger partial charge in [0.2, 0.25) is 0 Å². The average Bonchev–Trinajstić information content (AvgIpc) is 2.82. The van der Waals surface area contributed by atoms with Gasteiger partial charge in [-0.1, -0.05) is 51.3 Å². The third-order valence-electron chi connectivity index (χ3n) is 3.07. The van der Waals surface area contributed by atoms with Gasteiger partial charge in [0, 0.05) is 14.9 Å². The number of benzene rings is 2. The van der Waals surface area contributed by atoms with E-state index in [1.807, 2.05) is 36.4 Å². The minimum atomic E-state index is -0.352. The summed E-state index contributed by atoms with van der Waals surface area (Å²) in [5, 5.41) is 1.91. The molecule has 5 heteroatoms. The summed E-state index contributed by atoms with van der Waals surface area (Å²) in [4.78, 5) is 0. The van der Waals surface area contributed by atoms with Crippen molar-refractivity contribution in [1.82, 2.24) is 0 Å². The van der Waals surface area contributed by atoms with Crippen LogP contribution in [0.2, 0.25) is 10.0 Å². The Morgan fingerprint density at radius 1 is 1.10 bits per heavy atom. The van der Waals surface area contributed by atoms with E-state index in [0.717, 1.165) is 15.4 Å². The molecule has 0 radical (unpaired) electrons. The molecule has 2 aromatic carbocycles. The summed E-state index contributed by atoms with van der Waals surface area (Å²) < 4.78 is 6.75. The Kier molecular flexibility index (Phi) is 3.78. The van der Waals surface area contributed by atoms with Gasteiger partial charge in [-0.15, -0.1) is 0 Å². The van der Waals surface area contributed by atoms with E-state index in [-0.39, 0.29) is 6.04 Å². The highest BCUT2D eigenvalue weighted by atomic mass is 79.9. The molecule has 0 aliphatic rings. The molecule has 0 saturated carbocycles. The van der Waals surface area contributed by atoms with Gasteiger partial charge in [0.1, 0.15) is 5.76 Å². The minimum absolute atomic E-state index is 0.352. The summed E-state index contributed by atoms with van der Waals surface area (Å²) in [5.74, 6) is 0.655. The molecule has 0 aliphatic carbocycles. The van der Waals surface area contributed by atoms with Crippen molar-refractivity contribution in [3.63, 3.8) is 0 Å². The van der Waals surface area contributed by atoms with Crippen LogP contribution in [0.4, 0.5) is 0 Å². The molecule has 2 nitrogen and oxygen atoms in total. The second-order valence-electron chi connectivity index (χ2n) is 4.49. The van der Waals surface area contributed by atoms with Crippen molar-refractivity contribution >= 4 is 50.1 Å². The van der Waals surface area contributed by atoms with Gasteiger partial charge in [-0.2, -0.15) is 0 Å². The molecule has 2 N–H and O–H groups in total. The molecular weight excluding hydrogens is 361 g/mol. The minimum Gasteiger partial charge on any atom is -0.457 e. The molecule has 0 spiro atoms. The fraction of sp³-hybridized carbons (Fsp3) is 0.0667. The highest BCUT2D eigenvalue weighted by Gasteiger charge is 2.16. The van der Waals surface area contributed by atoms with Gasteiger partial charge in [0.25, 0.3) is 0 Å². The Morgan fingerprint density at radius 2 is 1.90 bits per heavy atom. The van der Waals surface area contributed by atoms with Crippen LogP contribution in [-0.2, 0) is 0 Å². The van der Waals surface area contributed by atoms with Crippen LogP contribution in [0.15, 0.2) is 51.4 Å². The second kappa shape index (κ2) is 5.41. The SMILES string of the molecule is NC(c1cccc(Br)c1)c1cc2cc(Cl)cc(Cl)c2o1. The van der Waals surface area contributed by atoms with Crippen LogP contribution in [-0.4, -0.2) is 0 Å². The molecular formula is C15H10BrCl2NO. The lowest BCUT2D eigenvalue weighted by Crippen LogP contribution is -2.10. The normalized spacial score (nSPS) is 12.8. The summed E-state index contributed by atoms with van der Waals surface area (Å²) in [5.41, 5.74) is 7.81. The van der Waals surface area contributed by atoms with Crippen LogP contribution in [0.3, 0.4) is 0 Å². The molecule has 3 rings (SSSR count). The molecule has 1 heterocycles. The van der Waals surface area contributed by atoms with Crippen molar-refractivity contribution in [2.75, 3.05) is 0 Å². The summed E-state index contributed by atoms with van der Waals surface area (Å²) in [6.07, 6.45) is 0. The van der Waals surface area contributed by atoms with Crippen LogP contribution in [0.5, 0.6) is 0 Å². The molecule has 0 saturated heterocycles. The Balaban J connectivity index is 2.08. The molecule has 1 aromatic heterocycles. The van der Waals surface area contributed by atoms with Gasteiger partial charge in [0.15, 0.2) is 5.58 Å². The first kappa shape index (κ1) is 14.0. The van der Waals surface area contributed by atoms with Crippen molar-refractivity contribution in [2.45, 2.75) is 6.04 Å². The maximum absolute atomic E-state index is 6.25. The van der Waals surface area contributed by atoms with Crippen molar-refractivity contribution in [1.29, 1.82) is 0 Å². The lowest BCUT2D eigenvalue weighted by Gasteiger charge is -2.09. The third kappa shape index (κ3) is 2.59. The van der Waals surface area contributed by atoms with Gasteiger partial charge >= 0.3 is 0 Å². The number of nitrogens with two attached hydrogens (primary N) is 1. The summed E-state index contributed by atoms with van der Waals surface area (Å²) in [6, 6.07) is 12.8. The molecule has 0 bridgehead atoms. The lowest BCUT2D eigenvalue weighted by atomic mass is 10.1. The zero-order valence-electron chi connectivity index (χ0n) is 10.2. The molecule has 20 heavy (non-hydrogen) atoms. The van der Waals surface area contributed by atoms with Crippen molar-refractivity contribution < 1.29 is 4.42 Å². The topological polar surface area (TPSA) is 39.2 Å². The monoisotopic (exact) mass is 369 g/mol.